The van der Waals surface area contributed by atoms with Crippen molar-refractivity contribution in [2.45, 2.75) is 36.6 Å². The molecule has 1 spiro atoms. The van der Waals surface area contributed by atoms with E-state index in [0.29, 0.717) is 5.30 Å². The Hall–Kier alpha value is -2.30. The second-order valence-corrected chi connectivity index (χ2v) is 11.4. The van der Waals surface area contributed by atoms with Gasteiger partial charge in [-0.15, -0.1) is 0 Å². The summed E-state index contributed by atoms with van der Waals surface area (Å²) >= 11 is 0. The predicted octanol–water partition coefficient (Wildman–Crippen LogP) is 3.85. The van der Waals surface area contributed by atoms with Crippen LogP contribution in [0.5, 0.6) is 11.5 Å². The van der Waals surface area contributed by atoms with Crippen LogP contribution in [0.3, 0.4) is 0 Å². The number of hydrogen-bond acceptors (Lipinski definition) is 6. The van der Waals surface area contributed by atoms with Gasteiger partial charge in [0, 0.05) is 28.2 Å². The Bertz CT molecular complexity index is 1150. The fourth-order valence-corrected chi connectivity index (χ4v) is 7.13. The van der Waals surface area contributed by atoms with Crippen LogP contribution in [0.15, 0.2) is 30.3 Å². The minimum atomic E-state index is -2.90. The van der Waals surface area contributed by atoms with Crippen LogP contribution in [0.2, 0.25) is 0 Å². The first kappa shape index (κ1) is 20.6. The third-order valence-corrected chi connectivity index (χ3v) is 9.37. The van der Waals surface area contributed by atoms with E-state index in [0.717, 1.165) is 25.0 Å². The number of benzene rings is 2. The van der Waals surface area contributed by atoms with Crippen LogP contribution in [0.4, 0.5) is 8.78 Å². The number of alkyl halides is 1. The SMILES string of the molecule is CP(=O)(c1ccc(Oc2cc(F)cc(C#N)c2)c2c1C1(OCCO1)[C@H](F)[C@H]2O)C1CC1. The summed E-state index contributed by atoms with van der Waals surface area (Å²) in [6.45, 7) is 1.92. The first-order valence-corrected chi connectivity index (χ1v) is 12.2. The van der Waals surface area contributed by atoms with Gasteiger partial charge in [0.25, 0.3) is 0 Å². The maximum absolute atomic E-state index is 15.4. The molecule has 1 unspecified atom stereocenters. The molecule has 31 heavy (non-hydrogen) atoms. The number of nitriles is 1. The first-order valence-electron chi connectivity index (χ1n) is 10.0. The number of nitrogens with zero attached hydrogens (tertiary/aromatic N) is 1. The number of aliphatic hydroxyl groups excluding tert-OH is 1. The highest BCUT2D eigenvalue weighted by atomic mass is 31.2. The van der Waals surface area contributed by atoms with E-state index >= 15 is 4.39 Å². The first-order chi connectivity index (χ1) is 14.8. The highest BCUT2D eigenvalue weighted by Gasteiger charge is 2.61. The van der Waals surface area contributed by atoms with Gasteiger partial charge in [0.15, 0.2) is 6.17 Å². The molecular formula is C22H20F2NO5P. The van der Waals surface area contributed by atoms with Crippen molar-refractivity contribution in [1.82, 2.24) is 0 Å². The van der Waals surface area contributed by atoms with E-state index in [4.69, 9.17) is 19.5 Å². The molecule has 5 rings (SSSR count). The molecular weight excluding hydrogens is 427 g/mol. The number of hydrogen-bond donors (Lipinski definition) is 1. The lowest BCUT2D eigenvalue weighted by Gasteiger charge is -2.29. The Morgan fingerprint density at radius 3 is 2.61 bits per heavy atom. The minimum Gasteiger partial charge on any atom is -0.457 e. The van der Waals surface area contributed by atoms with Crippen molar-refractivity contribution in [3.63, 3.8) is 0 Å². The van der Waals surface area contributed by atoms with Gasteiger partial charge in [0.1, 0.15) is 30.6 Å². The summed E-state index contributed by atoms with van der Waals surface area (Å²) in [6, 6.07) is 8.41. The van der Waals surface area contributed by atoms with Crippen molar-refractivity contribution in [2.75, 3.05) is 19.9 Å². The molecule has 0 bridgehead atoms. The summed E-state index contributed by atoms with van der Waals surface area (Å²) in [6.07, 6.45) is -1.96. The van der Waals surface area contributed by atoms with Gasteiger partial charge in [0.05, 0.1) is 24.8 Å². The van der Waals surface area contributed by atoms with Gasteiger partial charge in [0.2, 0.25) is 5.79 Å². The monoisotopic (exact) mass is 447 g/mol. The molecule has 2 aromatic carbocycles. The lowest BCUT2D eigenvalue weighted by Crippen LogP contribution is -2.38. The third-order valence-electron chi connectivity index (χ3n) is 6.13. The maximum atomic E-state index is 15.4. The van der Waals surface area contributed by atoms with E-state index in [1.165, 1.54) is 12.1 Å². The Kier molecular flexibility index (Phi) is 4.72. The molecule has 2 fully saturated rings. The normalized spacial score (nSPS) is 25.8. The molecule has 162 valence electrons. The third kappa shape index (κ3) is 3.11. The van der Waals surface area contributed by atoms with E-state index in [2.05, 4.69) is 0 Å². The molecule has 0 aromatic heterocycles. The molecule has 3 aliphatic rings. The molecule has 1 aliphatic heterocycles. The van der Waals surface area contributed by atoms with Crippen LogP contribution in [-0.4, -0.2) is 36.8 Å². The Morgan fingerprint density at radius 1 is 1.26 bits per heavy atom. The van der Waals surface area contributed by atoms with Gasteiger partial charge in [-0.05, 0) is 43.8 Å². The molecule has 2 aromatic rings. The van der Waals surface area contributed by atoms with Gasteiger partial charge < -0.3 is 23.9 Å². The predicted molar refractivity (Wildman–Crippen MR) is 107 cm³/mol. The highest BCUT2D eigenvalue weighted by molar-refractivity contribution is 7.72. The van der Waals surface area contributed by atoms with Crippen molar-refractivity contribution in [3.05, 3.63) is 52.8 Å². The molecule has 0 amide bonds. The summed E-state index contributed by atoms with van der Waals surface area (Å²) in [7, 11) is -2.90. The van der Waals surface area contributed by atoms with Crippen LogP contribution in [0.1, 0.15) is 35.6 Å². The Morgan fingerprint density at radius 2 is 1.97 bits per heavy atom. The van der Waals surface area contributed by atoms with Crippen molar-refractivity contribution in [2.24, 2.45) is 0 Å². The Labute approximate surface area is 177 Å². The van der Waals surface area contributed by atoms with Crippen LogP contribution in [-0.2, 0) is 19.8 Å². The number of aliphatic hydroxyl groups is 1. The molecule has 9 heteroatoms. The summed E-state index contributed by atoms with van der Waals surface area (Å²) in [4.78, 5) is 0. The molecule has 3 atom stereocenters. The lowest BCUT2D eigenvalue weighted by atomic mass is 10.1. The Balaban J connectivity index is 1.69. The van der Waals surface area contributed by atoms with Gasteiger partial charge >= 0.3 is 0 Å². The van der Waals surface area contributed by atoms with Gasteiger partial charge in [-0.25, -0.2) is 8.78 Å². The molecule has 1 saturated heterocycles. The number of halogens is 2. The van der Waals surface area contributed by atoms with E-state index in [1.807, 2.05) is 6.07 Å². The van der Waals surface area contributed by atoms with Gasteiger partial charge in [-0.2, -0.15) is 5.26 Å². The lowest BCUT2D eigenvalue weighted by molar-refractivity contribution is -0.217. The van der Waals surface area contributed by atoms with E-state index in [-0.39, 0.29) is 47.1 Å². The largest absolute Gasteiger partial charge is 0.457 e. The average molecular weight is 447 g/mol. The summed E-state index contributed by atoms with van der Waals surface area (Å²) in [5.74, 6) is -2.44. The fraction of sp³-hybridized carbons (Fsp3) is 0.409. The minimum absolute atomic E-state index is 0.000897. The zero-order valence-electron chi connectivity index (χ0n) is 16.7. The quantitative estimate of drug-likeness (QED) is 0.717. The van der Waals surface area contributed by atoms with Crippen LogP contribution < -0.4 is 10.0 Å². The molecule has 1 N–H and O–H groups in total. The highest BCUT2D eigenvalue weighted by Crippen LogP contribution is 2.62. The maximum Gasteiger partial charge on any atom is 0.231 e. The zero-order valence-corrected chi connectivity index (χ0v) is 17.6. The molecule has 1 saturated carbocycles. The molecule has 1 heterocycles. The topological polar surface area (TPSA) is 88.8 Å². The second-order valence-electron chi connectivity index (χ2n) is 8.19. The number of fused-ring (bicyclic) bond motifs is 2. The van der Waals surface area contributed by atoms with Gasteiger partial charge in [-0.3, -0.25) is 0 Å². The van der Waals surface area contributed by atoms with Gasteiger partial charge in [-0.1, -0.05) is 0 Å². The summed E-state index contributed by atoms with van der Waals surface area (Å²) in [5.41, 5.74) is 0.339. The molecule has 2 aliphatic carbocycles. The summed E-state index contributed by atoms with van der Waals surface area (Å²) in [5, 5.41) is 20.3. The molecule has 6 nitrogen and oxygen atoms in total. The van der Waals surface area contributed by atoms with Crippen LogP contribution >= 0.6 is 7.14 Å². The van der Waals surface area contributed by atoms with Crippen molar-refractivity contribution in [3.8, 4) is 17.6 Å². The van der Waals surface area contributed by atoms with E-state index < -0.39 is 31.0 Å². The number of rotatable bonds is 4. The van der Waals surface area contributed by atoms with E-state index in [1.54, 1.807) is 12.7 Å². The molecule has 0 radical (unpaired) electrons. The average Bonchev–Trinajstić information content (AvgIpc) is 3.46. The van der Waals surface area contributed by atoms with Crippen LogP contribution in [0.25, 0.3) is 0 Å². The number of ether oxygens (including phenoxy) is 3. The van der Waals surface area contributed by atoms with Crippen molar-refractivity contribution in [1.29, 1.82) is 5.26 Å². The van der Waals surface area contributed by atoms with E-state index in [9.17, 15) is 14.1 Å². The standard InChI is InChI=1S/C22H20F2NO5P/c1-31(27,15-2-3-15)17-5-4-16(30-14-9-12(11-25)8-13(23)10-14)18-19(17)22(21(24)20(18)26)28-6-7-29-22/h4-5,8-10,15,20-21,26H,2-3,6-7H2,1H3/t20-,21+,31?/m0/s1. The van der Waals surface area contributed by atoms with Crippen molar-refractivity contribution >= 4 is 12.4 Å². The van der Waals surface area contributed by atoms with Crippen LogP contribution in [0, 0.1) is 17.1 Å². The van der Waals surface area contributed by atoms with Crippen molar-refractivity contribution < 1.29 is 32.7 Å². The summed E-state index contributed by atoms with van der Waals surface area (Å²) < 4.78 is 60.1. The zero-order chi connectivity index (χ0) is 22.0. The second kappa shape index (κ2) is 7.11. The smallest absolute Gasteiger partial charge is 0.231 e. The fourth-order valence-electron chi connectivity index (χ4n) is 4.51.